The van der Waals surface area contributed by atoms with E-state index in [1.807, 2.05) is 60.9 Å². The lowest BCUT2D eigenvalue weighted by Crippen LogP contribution is -2.12. The Bertz CT molecular complexity index is 1160. The zero-order valence-corrected chi connectivity index (χ0v) is 15.9. The van der Waals surface area contributed by atoms with Crippen LogP contribution in [0.25, 0.3) is 33.7 Å². The second-order valence-electron chi connectivity index (χ2n) is 6.11. The maximum absolute atomic E-state index is 13.0. The molecule has 0 spiro atoms. The summed E-state index contributed by atoms with van der Waals surface area (Å²) in [5.41, 5.74) is 3.09. The van der Waals surface area contributed by atoms with Crippen molar-refractivity contribution >= 4 is 26.8 Å². The predicted octanol–water partition coefficient (Wildman–Crippen LogP) is 4.81. The molecule has 0 aliphatic carbocycles. The minimum atomic E-state index is -0.0978. The summed E-state index contributed by atoms with van der Waals surface area (Å²) in [6.45, 7) is 4.75. The number of benzene rings is 2. The highest BCUT2D eigenvalue weighted by Crippen LogP contribution is 2.24. The van der Waals surface area contributed by atoms with E-state index in [0.717, 1.165) is 27.7 Å². The SMILES string of the molecule is CCn1cc(-c2nc(-c3ccc(Br)cc3)no2)c(=O)c2cc(C)ccc21. The minimum Gasteiger partial charge on any atom is -0.347 e. The van der Waals surface area contributed by atoms with Gasteiger partial charge in [-0.3, -0.25) is 4.79 Å². The zero-order valence-electron chi connectivity index (χ0n) is 14.4. The summed E-state index contributed by atoms with van der Waals surface area (Å²) in [5.74, 6) is 0.692. The van der Waals surface area contributed by atoms with Crippen LogP contribution < -0.4 is 5.43 Å². The summed E-state index contributed by atoms with van der Waals surface area (Å²) in [7, 11) is 0. The number of halogens is 1. The molecule has 26 heavy (non-hydrogen) atoms. The van der Waals surface area contributed by atoms with E-state index in [4.69, 9.17) is 4.52 Å². The molecule has 6 heteroatoms. The Kier molecular flexibility index (Phi) is 4.20. The lowest BCUT2D eigenvalue weighted by Gasteiger charge is -2.10. The number of nitrogens with zero attached hydrogens (tertiary/aromatic N) is 3. The van der Waals surface area contributed by atoms with Gasteiger partial charge in [0.15, 0.2) is 0 Å². The molecule has 0 radical (unpaired) electrons. The number of rotatable bonds is 3. The van der Waals surface area contributed by atoms with Crippen LogP contribution in [0, 0.1) is 6.92 Å². The Balaban J connectivity index is 1.88. The third-order valence-electron chi connectivity index (χ3n) is 4.34. The van der Waals surface area contributed by atoms with Gasteiger partial charge < -0.3 is 9.09 Å². The molecule has 130 valence electrons. The molecule has 0 aliphatic heterocycles. The average molecular weight is 410 g/mol. The summed E-state index contributed by atoms with van der Waals surface area (Å²) in [6, 6.07) is 13.5. The molecule has 0 bridgehead atoms. The van der Waals surface area contributed by atoms with E-state index in [0.29, 0.717) is 16.8 Å². The first-order chi connectivity index (χ1) is 12.6. The van der Waals surface area contributed by atoms with Crippen LogP contribution >= 0.6 is 15.9 Å². The van der Waals surface area contributed by atoms with E-state index in [2.05, 4.69) is 26.1 Å². The Morgan fingerprint density at radius 1 is 1.15 bits per heavy atom. The van der Waals surface area contributed by atoms with Crippen molar-refractivity contribution in [2.45, 2.75) is 20.4 Å². The van der Waals surface area contributed by atoms with Gasteiger partial charge in [-0.1, -0.05) is 32.7 Å². The first-order valence-electron chi connectivity index (χ1n) is 8.30. The molecule has 4 aromatic rings. The van der Waals surface area contributed by atoms with Crippen molar-refractivity contribution in [3.05, 3.63) is 68.9 Å². The molecule has 2 aromatic carbocycles. The summed E-state index contributed by atoms with van der Waals surface area (Å²) in [4.78, 5) is 17.4. The van der Waals surface area contributed by atoms with Gasteiger partial charge in [-0.25, -0.2) is 0 Å². The highest BCUT2D eigenvalue weighted by Gasteiger charge is 2.17. The summed E-state index contributed by atoms with van der Waals surface area (Å²) >= 11 is 3.41. The van der Waals surface area contributed by atoms with Gasteiger partial charge in [-0.2, -0.15) is 4.98 Å². The largest absolute Gasteiger partial charge is 0.347 e. The second-order valence-corrected chi connectivity index (χ2v) is 7.02. The van der Waals surface area contributed by atoms with Gasteiger partial charge in [0, 0.05) is 28.2 Å². The molecule has 0 saturated heterocycles. The molecule has 0 fully saturated rings. The lowest BCUT2D eigenvalue weighted by molar-refractivity contribution is 0.431. The number of hydrogen-bond donors (Lipinski definition) is 0. The highest BCUT2D eigenvalue weighted by atomic mass is 79.9. The molecule has 0 unspecified atom stereocenters. The molecular weight excluding hydrogens is 394 g/mol. The van der Waals surface area contributed by atoms with Crippen LogP contribution in [0.15, 0.2) is 62.5 Å². The van der Waals surface area contributed by atoms with E-state index in [-0.39, 0.29) is 11.3 Å². The predicted molar refractivity (Wildman–Crippen MR) is 105 cm³/mol. The van der Waals surface area contributed by atoms with Gasteiger partial charge in [0.05, 0.1) is 5.52 Å². The van der Waals surface area contributed by atoms with Gasteiger partial charge in [0.2, 0.25) is 11.3 Å². The van der Waals surface area contributed by atoms with Crippen LogP contribution in [-0.4, -0.2) is 14.7 Å². The molecule has 4 rings (SSSR count). The Hall–Kier alpha value is -2.73. The van der Waals surface area contributed by atoms with Crippen molar-refractivity contribution in [2.75, 3.05) is 0 Å². The van der Waals surface area contributed by atoms with Gasteiger partial charge in [-0.15, -0.1) is 0 Å². The summed E-state index contributed by atoms with van der Waals surface area (Å²) in [5, 5.41) is 4.70. The van der Waals surface area contributed by atoms with Crippen molar-refractivity contribution < 1.29 is 4.52 Å². The summed E-state index contributed by atoms with van der Waals surface area (Å²) in [6.07, 6.45) is 1.79. The van der Waals surface area contributed by atoms with Crippen LogP contribution in [0.3, 0.4) is 0 Å². The van der Waals surface area contributed by atoms with Gasteiger partial charge >= 0.3 is 0 Å². The zero-order chi connectivity index (χ0) is 18.3. The number of hydrogen-bond acceptors (Lipinski definition) is 4. The molecule has 5 nitrogen and oxygen atoms in total. The fourth-order valence-corrected chi connectivity index (χ4v) is 3.24. The number of aromatic nitrogens is 3. The van der Waals surface area contributed by atoms with Crippen LogP contribution in [0.4, 0.5) is 0 Å². The molecular formula is C20H16BrN3O2. The molecule has 0 aliphatic rings. The van der Waals surface area contributed by atoms with Gasteiger partial charge in [0.1, 0.15) is 5.56 Å². The second kappa shape index (κ2) is 6.53. The molecule has 0 atom stereocenters. The van der Waals surface area contributed by atoms with Crippen molar-refractivity contribution in [2.24, 2.45) is 0 Å². The monoisotopic (exact) mass is 409 g/mol. The van der Waals surface area contributed by atoms with E-state index < -0.39 is 0 Å². The quantitative estimate of drug-likeness (QED) is 0.487. The van der Waals surface area contributed by atoms with E-state index in [9.17, 15) is 4.79 Å². The minimum absolute atomic E-state index is 0.0978. The summed E-state index contributed by atoms with van der Waals surface area (Å²) < 4.78 is 8.40. The van der Waals surface area contributed by atoms with Crippen molar-refractivity contribution in [1.29, 1.82) is 0 Å². The fourth-order valence-electron chi connectivity index (χ4n) is 2.97. The van der Waals surface area contributed by atoms with Crippen molar-refractivity contribution in [3.63, 3.8) is 0 Å². The van der Waals surface area contributed by atoms with Crippen molar-refractivity contribution in [1.82, 2.24) is 14.7 Å². The normalized spacial score (nSPS) is 11.2. The molecule has 0 saturated carbocycles. The van der Waals surface area contributed by atoms with E-state index >= 15 is 0 Å². The number of aryl methyl sites for hydroxylation is 2. The first kappa shape index (κ1) is 16.7. The van der Waals surface area contributed by atoms with Crippen LogP contribution in [0.2, 0.25) is 0 Å². The molecule has 2 heterocycles. The van der Waals surface area contributed by atoms with E-state index in [1.165, 1.54) is 0 Å². The maximum atomic E-state index is 13.0. The molecule has 0 amide bonds. The topological polar surface area (TPSA) is 60.9 Å². The van der Waals surface area contributed by atoms with Crippen LogP contribution in [0.1, 0.15) is 12.5 Å². The van der Waals surface area contributed by atoms with Gasteiger partial charge in [-0.05, 0) is 50.2 Å². The third-order valence-corrected chi connectivity index (χ3v) is 4.86. The smallest absolute Gasteiger partial charge is 0.263 e. The van der Waals surface area contributed by atoms with Crippen molar-refractivity contribution in [3.8, 4) is 22.8 Å². The fraction of sp³-hybridized carbons (Fsp3) is 0.150. The average Bonchev–Trinajstić information content (AvgIpc) is 3.13. The Morgan fingerprint density at radius 3 is 2.65 bits per heavy atom. The maximum Gasteiger partial charge on any atom is 0.263 e. The Labute approximate surface area is 158 Å². The van der Waals surface area contributed by atoms with Crippen LogP contribution in [0.5, 0.6) is 0 Å². The molecule has 0 N–H and O–H groups in total. The van der Waals surface area contributed by atoms with E-state index in [1.54, 1.807) is 6.20 Å². The third kappa shape index (κ3) is 2.86. The standard InChI is InChI=1S/C20H16BrN3O2/c1-3-24-11-16(18(25)15-10-12(2)4-9-17(15)24)20-22-19(23-26-20)13-5-7-14(21)8-6-13/h4-11H,3H2,1-2H3. The first-order valence-corrected chi connectivity index (χ1v) is 9.10. The number of pyridine rings is 1. The Morgan fingerprint density at radius 2 is 1.92 bits per heavy atom. The molecule has 2 aromatic heterocycles. The number of fused-ring (bicyclic) bond motifs is 1. The van der Waals surface area contributed by atoms with Gasteiger partial charge in [0.25, 0.3) is 5.89 Å². The van der Waals surface area contributed by atoms with Crippen LogP contribution in [-0.2, 0) is 6.54 Å². The lowest BCUT2D eigenvalue weighted by atomic mass is 10.1. The highest BCUT2D eigenvalue weighted by molar-refractivity contribution is 9.10.